The maximum absolute atomic E-state index is 5.03. The summed E-state index contributed by atoms with van der Waals surface area (Å²) >= 11 is 0. The van der Waals surface area contributed by atoms with Crippen LogP contribution in [0.25, 0.3) is 50.5 Å². The molecular formula is C39H31IrN3-2. The van der Waals surface area contributed by atoms with Gasteiger partial charge in [0.25, 0.3) is 0 Å². The molecule has 0 fully saturated rings. The van der Waals surface area contributed by atoms with E-state index in [1.165, 1.54) is 22.4 Å². The first-order valence-electron chi connectivity index (χ1n) is 14.2. The molecule has 0 N–H and O–H groups in total. The van der Waals surface area contributed by atoms with Crippen molar-refractivity contribution in [3.63, 3.8) is 0 Å². The van der Waals surface area contributed by atoms with Crippen molar-refractivity contribution in [1.82, 2.24) is 14.5 Å². The molecule has 43 heavy (non-hydrogen) atoms. The molecule has 7 aromatic rings. The average molecular weight is 734 g/mol. The van der Waals surface area contributed by atoms with Crippen LogP contribution in [-0.4, -0.2) is 14.5 Å². The Bertz CT molecular complexity index is 1840. The number of fused-ring (bicyclic) bond motifs is 1. The Kier molecular flexibility index (Phi) is 9.73. The molecule has 5 aromatic carbocycles. The fourth-order valence-electron chi connectivity index (χ4n) is 5.10. The summed E-state index contributed by atoms with van der Waals surface area (Å²) < 4.78 is 2.29. The number of para-hydroxylation sites is 1. The van der Waals surface area contributed by atoms with Crippen LogP contribution in [0.2, 0.25) is 0 Å². The summed E-state index contributed by atoms with van der Waals surface area (Å²) in [5, 5.41) is 0. The zero-order valence-corrected chi connectivity index (χ0v) is 26.5. The predicted octanol–water partition coefficient (Wildman–Crippen LogP) is 9.83. The minimum atomic E-state index is 0. The number of aromatic nitrogens is 3. The average Bonchev–Trinajstić information content (AvgIpc) is 3.45. The van der Waals surface area contributed by atoms with Gasteiger partial charge in [0.05, 0.1) is 16.9 Å². The van der Waals surface area contributed by atoms with Crippen LogP contribution in [0.5, 0.6) is 0 Å². The summed E-state index contributed by atoms with van der Waals surface area (Å²) in [6.45, 7) is 4.48. The number of rotatable bonds is 5. The van der Waals surface area contributed by atoms with Crippen molar-refractivity contribution in [3.8, 4) is 39.5 Å². The van der Waals surface area contributed by atoms with Gasteiger partial charge in [-0.15, -0.1) is 71.8 Å². The number of nitrogens with zero attached hydrogens (tertiary/aromatic N) is 3. The molecule has 1 radical (unpaired) electrons. The van der Waals surface area contributed by atoms with Crippen molar-refractivity contribution in [2.24, 2.45) is 0 Å². The van der Waals surface area contributed by atoms with Crippen molar-refractivity contribution in [1.29, 1.82) is 0 Å². The Morgan fingerprint density at radius 2 is 1.30 bits per heavy atom. The van der Waals surface area contributed by atoms with Gasteiger partial charge in [0, 0.05) is 32.0 Å². The molecule has 0 atom stereocenters. The Morgan fingerprint density at radius 1 is 0.628 bits per heavy atom. The predicted molar refractivity (Wildman–Crippen MR) is 173 cm³/mol. The zero-order chi connectivity index (χ0) is 28.7. The molecular weight excluding hydrogens is 703 g/mol. The van der Waals surface area contributed by atoms with Gasteiger partial charge in [0.2, 0.25) is 0 Å². The van der Waals surface area contributed by atoms with Gasteiger partial charge >= 0.3 is 0 Å². The Hall–Kier alpha value is -4.63. The minimum Gasteiger partial charge on any atom is -0.333 e. The van der Waals surface area contributed by atoms with Crippen LogP contribution in [-0.2, 0) is 20.1 Å². The maximum atomic E-state index is 5.03. The Balaban J connectivity index is 0.000000238. The maximum Gasteiger partial charge on any atom is 0.0774 e. The first-order valence-corrected chi connectivity index (χ1v) is 14.2. The van der Waals surface area contributed by atoms with Gasteiger partial charge in [-0.1, -0.05) is 80.6 Å². The summed E-state index contributed by atoms with van der Waals surface area (Å²) in [4.78, 5) is 9.24. The molecule has 3 nitrogen and oxygen atoms in total. The van der Waals surface area contributed by atoms with Gasteiger partial charge in [0.15, 0.2) is 0 Å². The fourth-order valence-corrected chi connectivity index (χ4v) is 5.10. The molecule has 0 spiro atoms. The van der Waals surface area contributed by atoms with Crippen LogP contribution in [0.4, 0.5) is 0 Å². The molecule has 0 bridgehead atoms. The second-order valence-electron chi connectivity index (χ2n) is 10.3. The third kappa shape index (κ3) is 6.73. The molecule has 0 unspecified atom stereocenters. The monoisotopic (exact) mass is 734 g/mol. The molecule has 0 saturated carbocycles. The Labute approximate surface area is 267 Å². The summed E-state index contributed by atoms with van der Waals surface area (Å²) in [5.74, 6) is 1.33. The number of benzene rings is 5. The second-order valence-corrected chi connectivity index (χ2v) is 10.3. The van der Waals surface area contributed by atoms with Crippen LogP contribution >= 0.6 is 0 Å². The van der Waals surface area contributed by atoms with Crippen molar-refractivity contribution in [2.75, 3.05) is 0 Å². The largest absolute Gasteiger partial charge is 0.333 e. The van der Waals surface area contributed by atoms with Gasteiger partial charge in [-0.05, 0) is 52.6 Å². The van der Waals surface area contributed by atoms with E-state index in [1.54, 1.807) is 6.20 Å². The summed E-state index contributed by atoms with van der Waals surface area (Å²) in [5.41, 5.74) is 9.97. The van der Waals surface area contributed by atoms with Gasteiger partial charge in [-0.25, -0.2) is 0 Å². The molecule has 0 aliphatic heterocycles. The van der Waals surface area contributed by atoms with Gasteiger partial charge in [-0.2, -0.15) is 0 Å². The molecule has 213 valence electrons. The minimum absolute atomic E-state index is 0. The first kappa shape index (κ1) is 29.8. The van der Waals surface area contributed by atoms with Crippen LogP contribution < -0.4 is 0 Å². The number of hydrogen-bond acceptors (Lipinski definition) is 2. The van der Waals surface area contributed by atoms with Crippen LogP contribution in [0.3, 0.4) is 0 Å². The van der Waals surface area contributed by atoms with E-state index in [2.05, 4.69) is 114 Å². The standard InChI is InChI=1S/C28H23N2.C11H8N.Ir/c1-20(2)24-15-9-10-16-26(24)30-27-19-23(21-11-5-3-6-12-21)17-18-25(27)29-28(30)22-13-7-4-8-14-22;1-2-6-10(7-3-1)11-8-4-5-9-12-11;/h3-13,15-20H,1-2H3;1-6,8-9H;/q2*-1;. The van der Waals surface area contributed by atoms with E-state index in [4.69, 9.17) is 4.98 Å². The molecule has 2 aromatic heterocycles. The normalized spacial score (nSPS) is 10.6. The second kappa shape index (κ2) is 14.0. The van der Waals surface area contributed by atoms with Crippen LogP contribution in [0, 0.1) is 12.1 Å². The SMILES string of the molecule is CC(C)c1ccccc1-n1c(-c2[c-]cccc2)nc2ccc(-c3ccccc3)cc21.[Ir].[c-]1ccccc1-c1ccccn1. The smallest absolute Gasteiger partial charge is 0.0774 e. The molecule has 2 heterocycles. The van der Waals surface area contributed by atoms with Crippen LogP contribution in [0.1, 0.15) is 25.3 Å². The first-order chi connectivity index (χ1) is 20.7. The van der Waals surface area contributed by atoms with Gasteiger partial charge < -0.3 is 9.55 Å². The Morgan fingerprint density at radius 3 is 1.98 bits per heavy atom. The van der Waals surface area contributed by atoms with Crippen LogP contribution in [0.15, 0.2) is 146 Å². The summed E-state index contributed by atoms with van der Waals surface area (Å²) in [6, 6.07) is 53.9. The van der Waals surface area contributed by atoms with E-state index in [9.17, 15) is 0 Å². The molecule has 7 rings (SSSR count). The summed E-state index contributed by atoms with van der Waals surface area (Å²) in [6.07, 6.45) is 1.79. The third-order valence-corrected chi connectivity index (χ3v) is 7.16. The number of pyridine rings is 1. The molecule has 0 saturated heterocycles. The third-order valence-electron chi connectivity index (χ3n) is 7.16. The van der Waals surface area contributed by atoms with Crippen molar-refractivity contribution < 1.29 is 20.1 Å². The number of hydrogen-bond donors (Lipinski definition) is 0. The molecule has 0 amide bonds. The molecule has 4 heteroatoms. The van der Waals surface area contributed by atoms with E-state index in [-0.39, 0.29) is 20.1 Å². The molecule has 0 aliphatic rings. The van der Waals surface area contributed by atoms with E-state index >= 15 is 0 Å². The van der Waals surface area contributed by atoms with Gasteiger partial charge in [0.1, 0.15) is 0 Å². The van der Waals surface area contributed by atoms with E-state index in [0.717, 1.165) is 33.7 Å². The quantitative estimate of drug-likeness (QED) is 0.165. The van der Waals surface area contributed by atoms with E-state index in [1.807, 2.05) is 60.7 Å². The zero-order valence-electron chi connectivity index (χ0n) is 24.1. The van der Waals surface area contributed by atoms with Gasteiger partial charge in [-0.3, -0.25) is 4.98 Å². The van der Waals surface area contributed by atoms with Crippen molar-refractivity contribution in [3.05, 3.63) is 163 Å². The summed E-state index contributed by atoms with van der Waals surface area (Å²) in [7, 11) is 0. The van der Waals surface area contributed by atoms with Crippen molar-refractivity contribution in [2.45, 2.75) is 19.8 Å². The van der Waals surface area contributed by atoms with E-state index in [0.29, 0.717) is 5.92 Å². The molecule has 0 aliphatic carbocycles. The fraction of sp³-hybridized carbons (Fsp3) is 0.0769. The van der Waals surface area contributed by atoms with Crippen molar-refractivity contribution >= 4 is 11.0 Å². The van der Waals surface area contributed by atoms with E-state index < -0.39 is 0 Å². The number of imidazole rings is 1. The topological polar surface area (TPSA) is 30.7 Å².